The minimum absolute atomic E-state index is 0.0567. The molecule has 2 nitrogen and oxygen atoms in total. The summed E-state index contributed by atoms with van der Waals surface area (Å²) in [6, 6.07) is 6.69. The van der Waals surface area contributed by atoms with Crippen molar-refractivity contribution in [3.05, 3.63) is 64.7 Å². The summed E-state index contributed by atoms with van der Waals surface area (Å²) in [5, 5.41) is 1.89. The van der Waals surface area contributed by atoms with Gasteiger partial charge in [-0.25, -0.2) is 8.78 Å². The van der Waals surface area contributed by atoms with Crippen LogP contribution in [0.3, 0.4) is 0 Å². The summed E-state index contributed by atoms with van der Waals surface area (Å²) in [5.74, 6) is -1.41. The van der Waals surface area contributed by atoms with E-state index in [1.54, 1.807) is 6.07 Å². The molecule has 0 spiro atoms. The lowest BCUT2D eigenvalue weighted by molar-refractivity contribution is 0.0991. The van der Waals surface area contributed by atoms with E-state index in [9.17, 15) is 13.6 Å². The van der Waals surface area contributed by atoms with Crippen molar-refractivity contribution >= 4 is 27.3 Å². The Morgan fingerprint density at radius 2 is 2.05 bits per heavy atom. The van der Waals surface area contributed by atoms with Gasteiger partial charge in [-0.3, -0.25) is 9.78 Å². The second-order valence-electron chi connectivity index (χ2n) is 4.36. The molecule has 5 heteroatoms. The van der Waals surface area contributed by atoms with Gasteiger partial charge in [-0.1, -0.05) is 0 Å². The summed E-state index contributed by atoms with van der Waals surface area (Å²) in [5.41, 5.74) is 1.29. The number of fused-ring (bicyclic) bond motifs is 1. The van der Waals surface area contributed by atoms with Crippen LogP contribution in [0.15, 0.2) is 41.9 Å². The first kappa shape index (κ1) is 12.9. The second-order valence-corrected chi connectivity index (χ2v) is 5.31. The summed E-state index contributed by atoms with van der Waals surface area (Å²) < 4.78 is 27.5. The first-order chi connectivity index (χ1) is 9.63. The van der Waals surface area contributed by atoms with Crippen LogP contribution in [0.2, 0.25) is 0 Å². The van der Waals surface area contributed by atoms with Crippen molar-refractivity contribution in [1.82, 2.24) is 4.98 Å². The van der Waals surface area contributed by atoms with E-state index in [1.807, 2.05) is 11.4 Å². The lowest BCUT2D eigenvalue weighted by atomic mass is 10.0. The minimum atomic E-state index is -0.579. The van der Waals surface area contributed by atoms with Crippen molar-refractivity contribution in [2.75, 3.05) is 0 Å². The lowest BCUT2D eigenvalue weighted by Gasteiger charge is -2.03. The molecule has 0 aliphatic heterocycles. The van der Waals surface area contributed by atoms with E-state index in [0.29, 0.717) is 5.56 Å². The fraction of sp³-hybridized carbons (Fsp3) is 0.0667. The number of thiophene rings is 1. The van der Waals surface area contributed by atoms with Crippen molar-refractivity contribution in [3.63, 3.8) is 0 Å². The van der Waals surface area contributed by atoms with Crippen LogP contribution >= 0.6 is 11.3 Å². The van der Waals surface area contributed by atoms with Crippen molar-refractivity contribution < 1.29 is 13.6 Å². The second kappa shape index (κ2) is 5.09. The maximum Gasteiger partial charge on any atom is 0.168 e. The van der Waals surface area contributed by atoms with Crippen molar-refractivity contribution in [2.24, 2.45) is 0 Å². The highest BCUT2D eigenvalue weighted by molar-refractivity contribution is 7.17. The molecule has 0 unspecified atom stereocenters. The number of hydrogen-bond acceptors (Lipinski definition) is 3. The molecule has 0 N–H and O–H groups in total. The fourth-order valence-electron chi connectivity index (χ4n) is 1.95. The Morgan fingerprint density at radius 1 is 1.20 bits per heavy atom. The Labute approximate surface area is 117 Å². The van der Waals surface area contributed by atoms with Gasteiger partial charge in [-0.05, 0) is 41.3 Å². The van der Waals surface area contributed by atoms with Crippen LogP contribution in [0.5, 0.6) is 0 Å². The van der Waals surface area contributed by atoms with Gasteiger partial charge in [0.2, 0.25) is 0 Å². The number of pyridine rings is 1. The van der Waals surface area contributed by atoms with Crippen molar-refractivity contribution in [1.29, 1.82) is 0 Å². The topological polar surface area (TPSA) is 30.0 Å². The van der Waals surface area contributed by atoms with Gasteiger partial charge >= 0.3 is 0 Å². The molecule has 2 heterocycles. The van der Waals surface area contributed by atoms with Crippen molar-refractivity contribution in [2.45, 2.75) is 6.42 Å². The molecule has 100 valence electrons. The molecule has 0 aliphatic rings. The highest BCUT2D eigenvalue weighted by atomic mass is 32.1. The highest BCUT2D eigenvalue weighted by Crippen LogP contribution is 2.21. The number of hydrogen-bond donors (Lipinski definition) is 0. The van der Waals surface area contributed by atoms with Gasteiger partial charge in [0.25, 0.3) is 0 Å². The molecule has 0 amide bonds. The van der Waals surface area contributed by atoms with E-state index in [1.165, 1.54) is 17.5 Å². The van der Waals surface area contributed by atoms with Gasteiger partial charge in [-0.2, -0.15) is 0 Å². The molecule has 0 saturated heterocycles. The molecule has 0 aliphatic carbocycles. The van der Waals surface area contributed by atoms with E-state index < -0.39 is 11.6 Å². The van der Waals surface area contributed by atoms with Crippen LogP contribution < -0.4 is 0 Å². The largest absolute Gasteiger partial charge is 0.294 e. The minimum Gasteiger partial charge on any atom is -0.294 e. The number of ketones is 1. The van der Waals surface area contributed by atoms with Gasteiger partial charge < -0.3 is 0 Å². The highest BCUT2D eigenvalue weighted by Gasteiger charge is 2.12. The van der Waals surface area contributed by atoms with Gasteiger partial charge in [0.1, 0.15) is 11.6 Å². The summed E-state index contributed by atoms with van der Waals surface area (Å²) in [7, 11) is 0. The standard InChI is InChI=1S/C15H9F2NOS/c16-11-1-2-12(17)9(5-11)6-14(19)10-7-15-13(18-8-10)3-4-20-15/h1-5,7-8H,6H2. The summed E-state index contributed by atoms with van der Waals surface area (Å²) in [4.78, 5) is 16.3. The molecule has 1 aromatic carbocycles. The number of rotatable bonds is 3. The number of Topliss-reactive ketones (excluding diaryl/α,β-unsaturated/α-hetero) is 1. The number of nitrogens with zero attached hydrogens (tertiary/aromatic N) is 1. The molecule has 0 saturated carbocycles. The quantitative estimate of drug-likeness (QED) is 0.682. The third-order valence-corrected chi connectivity index (χ3v) is 3.84. The Balaban J connectivity index is 1.90. The summed E-state index contributed by atoms with van der Waals surface area (Å²) >= 11 is 1.48. The van der Waals surface area contributed by atoms with Gasteiger partial charge in [0, 0.05) is 18.2 Å². The van der Waals surface area contributed by atoms with Gasteiger partial charge in [0.05, 0.1) is 10.2 Å². The maximum absolute atomic E-state index is 13.5. The zero-order valence-electron chi connectivity index (χ0n) is 10.3. The average molecular weight is 289 g/mol. The van der Waals surface area contributed by atoms with E-state index in [0.717, 1.165) is 28.4 Å². The average Bonchev–Trinajstić information content (AvgIpc) is 2.90. The number of carbonyl (C=O) groups is 1. The third-order valence-electron chi connectivity index (χ3n) is 2.98. The Bertz CT molecular complexity index is 797. The zero-order chi connectivity index (χ0) is 14.1. The summed E-state index contributed by atoms with van der Waals surface area (Å²) in [6.45, 7) is 0. The molecule has 20 heavy (non-hydrogen) atoms. The van der Waals surface area contributed by atoms with E-state index >= 15 is 0 Å². The first-order valence-electron chi connectivity index (χ1n) is 5.94. The molecule has 0 fully saturated rings. The van der Waals surface area contributed by atoms with Gasteiger partial charge in [-0.15, -0.1) is 11.3 Å². The molecular weight excluding hydrogens is 280 g/mol. The third kappa shape index (κ3) is 2.44. The predicted octanol–water partition coefficient (Wildman–Crippen LogP) is 4.00. The number of carbonyl (C=O) groups excluding carboxylic acids is 1. The van der Waals surface area contributed by atoms with Crippen LogP contribution in [0.4, 0.5) is 8.78 Å². The van der Waals surface area contributed by atoms with Crippen LogP contribution in [-0.2, 0) is 6.42 Å². The SMILES string of the molecule is O=C(Cc1cc(F)ccc1F)c1cnc2ccsc2c1. The molecule has 0 radical (unpaired) electrons. The van der Waals surface area contributed by atoms with E-state index in [2.05, 4.69) is 4.98 Å². The van der Waals surface area contributed by atoms with Crippen LogP contribution in [0.25, 0.3) is 10.2 Å². The number of aromatic nitrogens is 1. The Kier molecular flexibility index (Phi) is 3.28. The van der Waals surface area contributed by atoms with E-state index in [-0.39, 0.29) is 17.8 Å². The number of halogens is 2. The maximum atomic E-state index is 13.5. The van der Waals surface area contributed by atoms with Crippen molar-refractivity contribution in [3.8, 4) is 0 Å². The fourth-order valence-corrected chi connectivity index (χ4v) is 2.73. The Morgan fingerprint density at radius 3 is 2.90 bits per heavy atom. The normalized spacial score (nSPS) is 10.9. The molecular formula is C15H9F2NOS. The number of benzene rings is 1. The molecule has 3 aromatic rings. The smallest absolute Gasteiger partial charge is 0.168 e. The lowest BCUT2D eigenvalue weighted by Crippen LogP contribution is -2.06. The predicted molar refractivity (Wildman–Crippen MR) is 74.0 cm³/mol. The van der Waals surface area contributed by atoms with Gasteiger partial charge in [0.15, 0.2) is 5.78 Å². The first-order valence-corrected chi connectivity index (χ1v) is 6.82. The van der Waals surface area contributed by atoms with Crippen LogP contribution in [-0.4, -0.2) is 10.8 Å². The molecule has 0 atom stereocenters. The molecule has 3 rings (SSSR count). The molecule has 2 aromatic heterocycles. The van der Waals surface area contributed by atoms with E-state index in [4.69, 9.17) is 0 Å². The Hall–Kier alpha value is -2.14. The van der Waals surface area contributed by atoms with Crippen LogP contribution in [0.1, 0.15) is 15.9 Å². The zero-order valence-corrected chi connectivity index (χ0v) is 11.1. The van der Waals surface area contributed by atoms with Crippen LogP contribution in [0, 0.1) is 11.6 Å². The monoisotopic (exact) mass is 289 g/mol. The molecule has 0 bridgehead atoms. The summed E-state index contributed by atoms with van der Waals surface area (Å²) in [6.07, 6.45) is 1.29.